The van der Waals surface area contributed by atoms with Crippen LogP contribution in [0.25, 0.3) is 22.6 Å². The summed E-state index contributed by atoms with van der Waals surface area (Å²) in [5, 5.41) is 11.3. The zero-order valence-electron chi connectivity index (χ0n) is 12.3. The summed E-state index contributed by atoms with van der Waals surface area (Å²) in [6, 6.07) is 18.4. The highest BCUT2D eigenvalue weighted by atomic mass is 19.4. The Kier molecular flexibility index (Phi) is 4.12. The summed E-state index contributed by atoms with van der Waals surface area (Å²) < 4.78 is 45.2. The molecule has 24 heavy (non-hydrogen) atoms. The molecule has 0 saturated carbocycles. The maximum absolute atomic E-state index is 13.2. The average Bonchev–Trinajstić information content (AvgIpc) is 3.01. The quantitative estimate of drug-likeness (QED) is 0.399. The molecule has 3 aromatic rings. The van der Waals surface area contributed by atoms with Crippen LogP contribution in [0.2, 0.25) is 0 Å². The Labute approximate surface area is 135 Å². The second-order valence-corrected chi connectivity index (χ2v) is 5.03. The predicted molar refractivity (Wildman–Crippen MR) is 84.0 cm³/mol. The summed E-state index contributed by atoms with van der Waals surface area (Å²) >= 11 is 0. The van der Waals surface area contributed by atoms with Crippen LogP contribution >= 0.6 is 0 Å². The number of benzene rings is 2. The van der Waals surface area contributed by atoms with Gasteiger partial charge < -0.3 is 9.62 Å². The first-order chi connectivity index (χ1) is 11.5. The van der Waals surface area contributed by atoms with Crippen molar-refractivity contribution in [3.63, 3.8) is 0 Å². The van der Waals surface area contributed by atoms with Gasteiger partial charge in [0.2, 0.25) is 0 Å². The standard InChI is InChI=1S/C18H12F3NO2/c19-18(20,21)17(22-23)14-11-15(12-7-3-1-4-8-12)24-16(14)13-9-5-2-6-10-13/h1-11,23H/b22-17+. The summed E-state index contributed by atoms with van der Waals surface area (Å²) in [6.45, 7) is 0. The topological polar surface area (TPSA) is 45.7 Å². The molecule has 0 unspecified atom stereocenters. The van der Waals surface area contributed by atoms with Gasteiger partial charge in [0.05, 0.1) is 5.56 Å². The molecular formula is C18H12F3NO2. The number of nitrogens with zero attached hydrogens (tertiary/aromatic N) is 1. The lowest BCUT2D eigenvalue weighted by atomic mass is 10.0. The Balaban J connectivity index is 2.21. The molecule has 0 saturated heterocycles. The van der Waals surface area contributed by atoms with Crippen molar-refractivity contribution in [3.05, 3.63) is 72.3 Å². The molecule has 3 rings (SSSR count). The number of rotatable bonds is 3. The van der Waals surface area contributed by atoms with Gasteiger partial charge in [0.25, 0.3) is 0 Å². The molecule has 1 N–H and O–H groups in total. The van der Waals surface area contributed by atoms with Gasteiger partial charge in [-0.3, -0.25) is 0 Å². The van der Waals surface area contributed by atoms with Gasteiger partial charge in [0.15, 0.2) is 5.71 Å². The molecule has 1 heterocycles. The third-order valence-electron chi connectivity index (χ3n) is 3.45. The van der Waals surface area contributed by atoms with Crippen LogP contribution in [-0.4, -0.2) is 17.1 Å². The van der Waals surface area contributed by atoms with Crippen molar-refractivity contribution in [2.75, 3.05) is 0 Å². The minimum absolute atomic E-state index is 0.000391. The smallest absolute Gasteiger partial charge is 0.437 e. The van der Waals surface area contributed by atoms with Gasteiger partial charge in [-0.15, -0.1) is 0 Å². The number of alkyl halides is 3. The highest BCUT2D eigenvalue weighted by Gasteiger charge is 2.40. The van der Waals surface area contributed by atoms with Crippen LogP contribution in [0.3, 0.4) is 0 Å². The predicted octanol–water partition coefficient (Wildman–Crippen LogP) is 5.35. The number of oxime groups is 1. The molecule has 122 valence electrons. The van der Waals surface area contributed by atoms with Crippen LogP contribution in [-0.2, 0) is 0 Å². The van der Waals surface area contributed by atoms with E-state index in [9.17, 15) is 13.2 Å². The number of halogens is 3. The SMILES string of the molecule is O/N=C(\c1cc(-c2ccccc2)oc1-c1ccccc1)C(F)(F)F. The van der Waals surface area contributed by atoms with Gasteiger partial charge in [-0.2, -0.15) is 13.2 Å². The largest absolute Gasteiger partial charge is 0.455 e. The zero-order valence-corrected chi connectivity index (χ0v) is 12.3. The molecule has 0 radical (unpaired) electrons. The van der Waals surface area contributed by atoms with Crippen molar-refractivity contribution < 1.29 is 22.8 Å². The Morgan fingerprint density at radius 3 is 1.92 bits per heavy atom. The number of hydrogen-bond acceptors (Lipinski definition) is 3. The third kappa shape index (κ3) is 3.03. The molecule has 0 aliphatic heterocycles. The van der Waals surface area contributed by atoms with Crippen LogP contribution in [0, 0.1) is 0 Å². The Morgan fingerprint density at radius 1 is 0.875 bits per heavy atom. The van der Waals surface area contributed by atoms with Gasteiger partial charge >= 0.3 is 6.18 Å². The molecule has 0 aliphatic rings. The second-order valence-electron chi connectivity index (χ2n) is 5.03. The molecule has 3 nitrogen and oxygen atoms in total. The van der Waals surface area contributed by atoms with E-state index in [-0.39, 0.29) is 17.1 Å². The Morgan fingerprint density at radius 2 is 1.42 bits per heavy atom. The maximum Gasteiger partial charge on any atom is 0.437 e. The maximum atomic E-state index is 13.2. The summed E-state index contributed by atoms with van der Waals surface area (Å²) in [6.07, 6.45) is -4.81. The van der Waals surface area contributed by atoms with Gasteiger partial charge in [-0.05, 0) is 6.07 Å². The molecule has 0 bridgehead atoms. The van der Waals surface area contributed by atoms with E-state index in [4.69, 9.17) is 9.62 Å². The molecule has 0 fully saturated rings. The van der Waals surface area contributed by atoms with Crippen LogP contribution in [0.4, 0.5) is 13.2 Å². The van der Waals surface area contributed by atoms with Crippen molar-refractivity contribution in [1.29, 1.82) is 0 Å². The van der Waals surface area contributed by atoms with E-state index in [1.165, 1.54) is 6.07 Å². The van der Waals surface area contributed by atoms with E-state index < -0.39 is 11.9 Å². The van der Waals surface area contributed by atoms with Crippen molar-refractivity contribution >= 4 is 5.71 Å². The normalized spacial score (nSPS) is 12.4. The summed E-state index contributed by atoms with van der Waals surface area (Å²) in [7, 11) is 0. The summed E-state index contributed by atoms with van der Waals surface area (Å²) in [5.41, 5.74) is -0.622. The summed E-state index contributed by atoms with van der Waals surface area (Å²) in [5.74, 6) is 0.259. The van der Waals surface area contributed by atoms with E-state index in [0.29, 0.717) is 11.1 Å². The van der Waals surface area contributed by atoms with Crippen LogP contribution in [0.15, 0.2) is 76.3 Å². The van der Waals surface area contributed by atoms with Gasteiger partial charge in [-0.1, -0.05) is 65.8 Å². The fourth-order valence-corrected chi connectivity index (χ4v) is 2.38. The second kappa shape index (κ2) is 6.23. The minimum Gasteiger partial charge on any atom is -0.455 e. The monoisotopic (exact) mass is 331 g/mol. The molecule has 0 atom stereocenters. The van der Waals surface area contributed by atoms with E-state index in [0.717, 1.165) is 0 Å². The van der Waals surface area contributed by atoms with Crippen molar-refractivity contribution in [3.8, 4) is 22.6 Å². The molecule has 0 amide bonds. The third-order valence-corrected chi connectivity index (χ3v) is 3.45. The lowest BCUT2D eigenvalue weighted by Crippen LogP contribution is -2.24. The molecule has 2 aromatic carbocycles. The fourth-order valence-electron chi connectivity index (χ4n) is 2.38. The van der Waals surface area contributed by atoms with Crippen molar-refractivity contribution in [1.82, 2.24) is 0 Å². The minimum atomic E-state index is -4.81. The Hall–Kier alpha value is -3.02. The molecular weight excluding hydrogens is 319 g/mol. The van der Waals surface area contributed by atoms with Crippen LogP contribution < -0.4 is 0 Å². The van der Waals surface area contributed by atoms with Crippen molar-refractivity contribution in [2.24, 2.45) is 5.16 Å². The van der Waals surface area contributed by atoms with E-state index in [1.807, 2.05) is 0 Å². The lowest BCUT2D eigenvalue weighted by molar-refractivity contribution is -0.0601. The highest BCUT2D eigenvalue weighted by molar-refractivity contribution is 6.09. The Bertz CT molecular complexity index is 853. The number of hydrogen-bond donors (Lipinski definition) is 1. The van der Waals surface area contributed by atoms with E-state index in [2.05, 4.69) is 5.16 Å². The van der Waals surface area contributed by atoms with Crippen LogP contribution in [0.5, 0.6) is 0 Å². The molecule has 6 heteroatoms. The summed E-state index contributed by atoms with van der Waals surface area (Å²) in [4.78, 5) is 0. The molecule has 0 spiro atoms. The van der Waals surface area contributed by atoms with Gasteiger partial charge in [0, 0.05) is 11.1 Å². The first-order valence-corrected chi connectivity index (χ1v) is 7.05. The fraction of sp³-hybridized carbons (Fsp3) is 0.0556. The van der Waals surface area contributed by atoms with Gasteiger partial charge in [0.1, 0.15) is 11.5 Å². The first-order valence-electron chi connectivity index (χ1n) is 7.05. The molecule has 1 aromatic heterocycles. The van der Waals surface area contributed by atoms with Crippen LogP contribution in [0.1, 0.15) is 5.56 Å². The first kappa shape index (κ1) is 15.9. The van der Waals surface area contributed by atoms with E-state index in [1.54, 1.807) is 60.7 Å². The highest BCUT2D eigenvalue weighted by Crippen LogP contribution is 2.36. The van der Waals surface area contributed by atoms with Crippen molar-refractivity contribution in [2.45, 2.75) is 6.18 Å². The zero-order chi connectivity index (χ0) is 17.2. The number of furan rings is 1. The van der Waals surface area contributed by atoms with Gasteiger partial charge in [-0.25, -0.2) is 0 Å². The van der Waals surface area contributed by atoms with E-state index >= 15 is 0 Å². The average molecular weight is 331 g/mol. The molecule has 0 aliphatic carbocycles. The lowest BCUT2D eigenvalue weighted by Gasteiger charge is -2.08.